The van der Waals surface area contributed by atoms with Gasteiger partial charge in [0.05, 0.1) is 21.8 Å². The van der Waals surface area contributed by atoms with Crippen molar-refractivity contribution in [2.45, 2.75) is 0 Å². The van der Waals surface area contributed by atoms with Gasteiger partial charge in [-0.15, -0.1) is 0 Å². The van der Waals surface area contributed by atoms with Crippen molar-refractivity contribution in [3.63, 3.8) is 0 Å². The highest BCUT2D eigenvalue weighted by atomic mass is 16.4. The fraction of sp³-hybridized carbons (Fsp3) is 0. The summed E-state index contributed by atoms with van der Waals surface area (Å²) in [6.07, 6.45) is 7.65. The molecule has 0 spiro atoms. The highest BCUT2D eigenvalue weighted by Crippen LogP contribution is 2.28. The van der Waals surface area contributed by atoms with Gasteiger partial charge >= 0.3 is 11.3 Å². The Morgan fingerprint density at radius 3 is 1.36 bits per heavy atom. The molecule has 200 valence electrons. The molecule has 0 bridgehead atoms. The Bertz CT molecular complexity index is 2230. The molecule has 0 atom stereocenters. The topological polar surface area (TPSA) is 96.1 Å². The third kappa shape index (κ3) is 4.01. The molecule has 0 radical (unpaired) electrons. The number of fused-ring (bicyclic) bond motifs is 3. The van der Waals surface area contributed by atoms with E-state index in [1.807, 2.05) is 119 Å². The zero-order chi connectivity index (χ0) is 28.2. The summed E-state index contributed by atoms with van der Waals surface area (Å²) in [7, 11) is 0. The van der Waals surface area contributed by atoms with Crippen molar-refractivity contribution in [2.24, 2.45) is 0 Å². The first kappa shape index (κ1) is 23.8. The number of hydrogen-bond donors (Lipinski definition) is 0. The molecule has 8 aromatic rings. The van der Waals surface area contributed by atoms with Gasteiger partial charge in [-0.25, -0.2) is 19.6 Å². The molecule has 4 heterocycles. The Balaban J connectivity index is 1.14. The number of benzene rings is 4. The van der Waals surface area contributed by atoms with Crippen LogP contribution in [0, 0.1) is 0 Å². The minimum absolute atomic E-state index is 0.244. The van der Waals surface area contributed by atoms with E-state index >= 15 is 0 Å². The van der Waals surface area contributed by atoms with E-state index in [9.17, 15) is 9.59 Å². The van der Waals surface area contributed by atoms with Crippen molar-refractivity contribution in [1.29, 1.82) is 0 Å². The van der Waals surface area contributed by atoms with Crippen molar-refractivity contribution >= 4 is 32.6 Å². The van der Waals surface area contributed by atoms with Gasteiger partial charge in [0.1, 0.15) is 0 Å². The number of nitrogens with zero attached hydrogens (tertiary/aromatic N) is 4. The molecule has 8 heteroatoms. The van der Waals surface area contributed by atoms with Crippen molar-refractivity contribution in [3.8, 4) is 34.3 Å². The first-order valence-corrected chi connectivity index (χ1v) is 13.3. The van der Waals surface area contributed by atoms with Crippen LogP contribution in [0.15, 0.2) is 140 Å². The van der Waals surface area contributed by atoms with Crippen LogP contribution in [0.2, 0.25) is 0 Å². The fourth-order valence-corrected chi connectivity index (χ4v) is 5.21. The van der Waals surface area contributed by atoms with Gasteiger partial charge in [0.15, 0.2) is 0 Å². The lowest BCUT2D eigenvalue weighted by Gasteiger charge is -2.08. The average Bonchev–Trinajstić information content (AvgIpc) is 3.76. The van der Waals surface area contributed by atoms with Crippen LogP contribution >= 0.6 is 0 Å². The SMILES string of the molecule is O=c1oc(-c2ccc3cc(-c4nc5ccc(-n6cccc6)cc5c(=O)o4)ccc3c2)nc2ccc(-n3cccc3)cc12. The maximum Gasteiger partial charge on any atom is 0.347 e. The van der Waals surface area contributed by atoms with Crippen LogP contribution in [-0.2, 0) is 0 Å². The molecule has 0 unspecified atom stereocenters. The Morgan fingerprint density at radius 2 is 0.929 bits per heavy atom. The molecule has 0 saturated heterocycles. The van der Waals surface area contributed by atoms with Crippen molar-refractivity contribution in [3.05, 3.63) is 143 Å². The zero-order valence-corrected chi connectivity index (χ0v) is 22.0. The molecule has 0 saturated carbocycles. The van der Waals surface area contributed by atoms with Crippen LogP contribution in [0.1, 0.15) is 0 Å². The van der Waals surface area contributed by atoms with Gasteiger partial charge in [0.25, 0.3) is 0 Å². The summed E-state index contributed by atoms with van der Waals surface area (Å²) in [5, 5.41) is 2.65. The first-order chi connectivity index (χ1) is 20.6. The van der Waals surface area contributed by atoms with Gasteiger partial charge in [-0.3, -0.25) is 0 Å². The largest absolute Gasteiger partial charge is 0.403 e. The third-order valence-corrected chi connectivity index (χ3v) is 7.36. The summed E-state index contributed by atoms with van der Waals surface area (Å²) in [4.78, 5) is 35.0. The predicted octanol–water partition coefficient (Wildman–Crippen LogP) is 6.76. The lowest BCUT2D eigenvalue weighted by atomic mass is 10.0. The quantitative estimate of drug-likeness (QED) is 0.241. The van der Waals surface area contributed by atoms with Crippen LogP contribution < -0.4 is 11.3 Å². The van der Waals surface area contributed by atoms with E-state index in [4.69, 9.17) is 8.83 Å². The highest BCUT2D eigenvalue weighted by molar-refractivity contribution is 5.90. The summed E-state index contributed by atoms with van der Waals surface area (Å²) in [6.45, 7) is 0. The average molecular weight is 549 g/mol. The van der Waals surface area contributed by atoms with Gasteiger partial charge in [0, 0.05) is 47.3 Å². The molecule has 4 aromatic heterocycles. The second kappa shape index (κ2) is 9.28. The van der Waals surface area contributed by atoms with Crippen LogP contribution in [0.3, 0.4) is 0 Å². The molecule has 0 aliphatic rings. The van der Waals surface area contributed by atoms with E-state index < -0.39 is 11.3 Å². The van der Waals surface area contributed by atoms with Gasteiger partial charge in [-0.1, -0.05) is 12.1 Å². The molecule has 0 aliphatic carbocycles. The van der Waals surface area contributed by atoms with E-state index in [2.05, 4.69) is 9.97 Å². The van der Waals surface area contributed by atoms with Crippen LogP contribution in [0.25, 0.3) is 66.9 Å². The minimum atomic E-state index is -0.447. The van der Waals surface area contributed by atoms with E-state index in [0.717, 1.165) is 22.1 Å². The van der Waals surface area contributed by atoms with Crippen molar-refractivity contribution in [1.82, 2.24) is 19.1 Å². The molecule has 4 aromatic carbocycles. The second-order valence-corrected chi connectivity index (χ2v) is 9.97. The van der Waals surface area contributed by atoms with Gasteiger partial charge in [0.2, 0.25) is 11.8 Å². The van der Waals surface area contributed by atoms with E-state index in [1.54, 1.807) is 12.1 Å². The molecule has 0 amide bonds. The Kier molecular flexibility index (Phi) is 5.26. The van der Waals surface area contributed by atoms with Crippen LogP contribution in [0.4, 0.5) is 0 Å². The van der Waals surface area contributed by atoms with E-state index in [1.165, 1.54) is 0 Å². The molecule has 0 aliphatic heterocycles. The van der Waals surface area contributed by atoms with Gasteiger partial charge in [-0.05, 0) is 95.7 Å². The number of rotatable bonds is 4. The van der Waals surface area contributed by atoms with Gasteiger partial charge < -0.3 is 18.0 Å². The third-order valence-electron chi connectivity index (χ3n) is 7.36. The lowest BCUT2D eigenvalue weighted by molar-refractivity contribution is 0.518. The maximum atomic E-state index is 12.9. The summed E-state index contributed by atoms with van der Waals surface area (Å²) in [5.41, 5.74) is 3.30. The van der Waals surface area contributed by atoms with Crippen LogP contribution in [0.5, 0.6) is 0 Å². The Labute approximate surface area is 237 Å². The molecule has 0 N–H and O–H groups in total. The summed E-state index contributed by atoms with van der Waals surface area (Å²) in [5.74, 6) is 0.488. The lowest BCUT2D eigenvalue weighted by Crippen LogP contribution is -2.04. The Morgan fingerprint density at radius 1 is 0.500 bits per heavy atom. The molecular weight excluding hydrogens is 528 g/mol. The number of hydrogen-bond acceptors (Lipinski definition) is 6. The van der Waals surface area contributed by atoms with Crippen molar-refractivity contribution in [2.75, 3.05) is 0 Å². The first-order valence-electron chi connectivity index (χ1n) is 13.3. The smallest absolute Gasteiger partial charge is 0.347 e. The predicted molar refractivity (Wildman–Crippen MR) is 161 cm³/mol. The van der Waals surface area contributed by atoms with E-state index in [0.29, 0.717) is 32.9 Å². The fourth-order valence-electron chi connectivity index (χ4n) is 5.21. The summed E-state index contributed by atoms with van der Waals surface area (Å²) < 4.78 is 15.1. The molecule has 42 heavy (non-hydrogen) atoms. The molecule has 0 fully saturated rings. The molecular formula is C34H20N4O4. The summed E-state index contributed by atoms with van der Waals surface area (Å²) in [6, 6.07) is 30.1. The standard InChI is InChI=1S/C34H20N4O4/c39-33-27-19-25(37-13-1-2-14-37)9-11-29(27)35-31(41-33)23-7-5-22-18-24(8-6-21(22)17-23)32-36-30-12-10-26(38-15-3-4-16-38)20-28(30)34(40)42-32/h1-20H. The van der Waals surface area contributed by atoms with Gasteiger partial charge in [-0.2, -0.15) is 0 Å². The van der Waals surface area contributed by atoms with Crippen molar-refractivity contribution < 1.29 is 8.83 Å². The maximum absolute atomic E-state index is 12.9. The minimum Gasteiger partial charge on any atom is -0.403 e. The normalized spacial score (nSPS) is 11.5. The van der Waals surface area contributed by atoms with E-state index in [-0.39, 0.29) is 11.8 Å². The second-order valence-electron chi connectivity index (χ2n) is 9.97. The molecule has 8 nitrogen and oxygen atoms in total. The number of aromatic nitrogens is 4. The Hall–Kier alpha value is -6.02. The highest BCUT2D eigenvalue weighted by Gasteiger charge is 2.13. The zero-order valence-electron chi connectivity index (χ0n) is 22.0. The molecule has 8 rings (SSSR count). The van der Waals surface area contributed by atoms with Crippen LogP contribution in [-0.4, -0.2) is 19.1 Å². The monoisotopic (exact) mass is 548 g/mol. The summed E-state index contributed by atoms with van der Waals surface area (Å²) >= 11 is 0.